The summed E-state index contributed by atoms with van der Waals surface area (Å²) in [4.78, 5) is 17.4. The molecule has 0 spiro atoms. The average molecular weight is 349 g/mol. The maximum atomic E-state index is 12.8. The minimum Gasteiger partial charge on any atom is -0.273 e. The van der Waals surface area contributed by atoms with E-state index in [-0.39, 0.29) is 11.4 Å². The number of hydrogen-bond donors (Lipinski definition) is 0. The number of carbonyl (C=O) groups is 1. The number of rotatable bonds is 5. The lowest BCUT2D eigenvalue weighted by Crippen LogP contribution is -2.40. The first kappa shape index (κ1) is 18.3. The molecule has 0 radical (unpaired) electrons. The summed E-state index contributed by atoms with van der Waals surface area (Å²) >= 11 is 0. The third-order valence-corrected chi connectivity index (χ3v) is 4.72. The first-order valence-corrected chi connectivity index (χ1v) is 9.25. The zero-order valence-corrected chi connectivity index (χ0v) is 16.1. The monoisotopic (exact) mass is 349 g/mol. The van der Waals surface area contributed by atoms with Gasteiger partial charge < -0.3 is 0 Å². The highest BCUT2D eigenvalue weighted by Crippen LogP contribution is 2.30. The van der Waals surface area contributed by atoms with Crippen LogP contribution < -0.4 is 0 Å². The van der Waals surface area contributed by atoms with E-state index in [1.165, 1.54) is 11.1 Å². The number of nitrogens with zero attached hydrogens (tertiary/aromatic N) is 3. The van der Waals surface area contributed by atoms with Crippen LogP contribution >= 0.6 is 0 Å². The molecule has 3 rings (SSSR count). The van der Waals surface area contributed by atoms with Crippen LogP contribution in [0.4, 0.5) is 0 Å². The lowest BCUT2D eigenvalue weighted by Gasteiger charge is -2.28. The molecule has 1 amide bonds. The van der Waals surface area contributed by atoms with E-state index < -0.39 is 0 Å². The Balaban J connectivity index is 1.69. The summed E-state index contributed by atoms with van der Waals surface area (Å²) in [7, 11) is 0. The number of pyridine rings is 1. The molecule has 0 bridgehead atoms. The summed E-state index contributed by atoms with van der Waals surface area (Å²) in [6.07, 6.45) is 2.99. The van der Waals surface area contributed by atoms with Gasteiger partial charge in [-0.05, 0) is 63.8 Å². The lowest BCUT2D eigenvalue weighted by atomic mass is 9.96. The van der Waals surface area contributed by atoms with E-state index in [0.29, 0.717) is 6.42 Å². The second kappa shape index (κ2) is 7.40. The fourth-order valence-corrected chi connectivity index (χ4v) is 3.49. The Morgan fingerprint density at radius 1 is 1.15 bits per heavy atom. The summed E-state index contributed by atoms with van der Waals surface area (Å²) in [6.45, 7) is 8.19. The smallest absolute Gasteiger partial charge is 0.243 e. The molecule has 4 heteroatoms. The largest absolute Gasteiger partial charge is 0.273 e. The first-order valence-electron chi connectivity index (χ1n) is 9.25. The van der Waals surface area contributed by atoms with Crippen LogP contribution in [0.15, 0.2) is 47.6 Å². The van der Waals surface area contributed by atoms with Crippen molar-refractivity contribution in [2.24, 2.45) is 5.10 Å². The molecule has 2 heterocycles. The number of hydrogen-bond acceptors (Lipinski definition) is 3. The lowest BCUT2D eigenvalue weighted by molar-refractivity contribution is -0.135. The number of hydrazone groups is 1. The Kier molecular flexibility index (Phi) is 5.21. The third kappa shape index (κ3) is 4.18. The van der Waals surface area contributed by atoms with Crippen LogP contribution in [0.2, 0.25) is 0 Å². The number of amides is 1. The third-order valence-electron chi connectivity index (χ3n) is 4.72. The van der Waals surface area contributed by atoms with Crippen molar-refractivity contribution in [3.63, 3.8) is 0 Å². The van der Waals surface area contributed by atoms with E-state index in [1.54, 1.807) is 5.01 Å². The van der Waals surface area contributed by atoms with Crippen molar-refractivity contribution >= 4 is 11.6 Å². The molecule has 0 saturated heterocycles. The predicted octanol–water partition coefficient (Wildman–Crippen LogP) is 4.44. The number of carbonyl (C=O) groups excluding carboxylic acids is 1. The van der Waals surface area contributed by atoms with E-state index >= 15 is 0 Å². The normalized spacial score (nSPS) is 15.8. The van der Waals surface area contributed by atoms with Gasteiger partial charge in [-0.15, -0.1) is 0 Å². The molecule has 136 valence electrons. The average Bonchev–Trinajstić information content (AvgIpc) is 2.90. The Morgan fingerprint density at radius 2 is 1.88 bits per heavy atom. The van der Waals surface area contributed by atoms with Crippen LogP contribution in [0.1, 0.15) is 55.6 Å². The molecule has 4 nitrogen and oxygen atoms in total. The van der Waals surface area contributed by atoms with Crippen LogP contribution in [0.3, 0.4) is 0 Å². The highest BCUT2D eigenvalue weighted by Gasteiger charge is 2.38. The molecule has 26 heavy (non-hydrogen) atoms. The van der Waals surface area contributed by atoms with Crippen molar-refractivity contribution in [1.29, 1.82) is 0 Å². The van der Waals surface area contributed by atoms with Gasteiger partial charge in [-0.2, -0.15) is 5.10 Å². The van der Waals surface area contributed by atoms with Crippen LogP contribution in [0, 0.1) is 13.8 Å². The standard InChI is InChI=1S/C22H27N3O/c1-16-13-17(2)23-19(14-16)20-15-22(3,4)25(24-20)21(26)12-8-11-18-9-6-5-7-10-18/h5-7,9-10,13-14H,8,11-12,15H2,1-4H3. The minimum absolute atomic E-state index is 0.0882. The fourth-order valence-electron chi connectivity index (χ4n) is 3.49. The molecule has 1 aromatic carbocycles. The summed E-state index contributed by atoms with van der Waals surface area (Å²) in [5.74, 6) is 0.0882. The van der Waals surface area contributed by atoms with Gasteiger partial charge in [0.2, 0.25) is 5.91 Å². The molecular formula is C22H27N3O. The zero-order chi connectivity index (χ0) is 18.7. The zero-order valence-electron chi connectivity index (χ0n) is 16.1. The molecule has 0 saturated carbocycles. The number of benzene rings is 1. The molecule has 0 unspecified atom stereocenters. The molecule has 1 aliphatic rings. The molecule has 1 aromatic heterocycles. The highest BCUT2D eigenvalue weighted by atomic mass is 16.2. The molecule has 0 aliphatic carbocycles. The van der Waals surface area contributed by atoms with E-state index in [9.17, 15) is 4.79 Å². The van der Waals surface area contributed by atoms with Crippen molar-refractivity contribution in [3.8, 4) is 0 Å². The van der Waals surface area contributed by atoms with Gasteiger partial charge in [0.25, 0.3) is 0 Å². The van der Waals surface area contributed by atoms with Crippen LogP contribution in [0.5, 0.6) is 0 Å². The van der Waals surface area contributed by atoms with E-state index in [2.05, 4.69) is 49.1 Å². The van der Waals surface area contributed by atoms with Crippen LogP contribution in [0.25, 0.3) is 0 Å². The van der Waals surface area contributed by atoms with Gasteiger partial charge in [-0.3, -0.25) is 9.78 Å². The highest BCUT2D eigenvalue weighted by molar-refractivity contribution is 6.02. The second-order valence-electron chi connectivity index (χ2n) is 7.75. The van der Waals surface area contributed by atoms with Gasteiger partial charge >= 0.3 is 0 Å². The van der Waals surface area contributed by atoms with Crippen LogP contribution in [-0.4, -0.2) is 27.2 Å². The molecule has 0 fully saturated rings. The van der Waals surface area contributed by atoms with E-state index in [0.717, 1.165) is 36.4 Å². The quantitative estimate of drug-likeness (QED) is 0.801. The van der Waals surface area contributed by atoms with Crippen molar-refractivity contribution in [2.75, 3.05) is 0 Å². The summed E-state index contributed by atoms with van der Waals surface area (Å²) in [6, 6.07) is 14.4. The van der Waals surface area contributed by atoms with E-state index in [4.69, 9.17) is 0 Å². The first-order chi connectivity index (χ1) is 12.3. The summed E-state index contributed by atoms with van der Waals surface area (Å²) < 4.78 is 0. The fraction of sp³-hybridized carbons (Fsp3) is 0.409. The summed E-state index contributed by atoms with van der Waals surface area (Å²) in [5, 5.41) is 6.33. The number of aryl methyl sites for hydroxylation is 3. The molecule has 1 aliphatic heterocycles. The van der Waals surface area contributed by atoms with Crippen molar-refractivity contribution in [1.82, 2.24) is 9.99 Å². The van der Waals surface area contributed by atoms with Gasteiger partial charge in [0, 0.05) is 18.5 Å². The van der Waals surface area contributed by atoms with E-state index in [1.807, 2.05) is 31.2 Å². The van der Waals surface area contributed by atoms with Gasteiger partial charge in [-0.25, -0.2) is 5.01 Å². The van der Waals surface area contributed by atoms with Crippen molar-refractivity contribution in [2.45, 2.75) is 58.9 Å². The van der Waals surface area contributed by atoms with Gasteiger partial charge in [0.1, 0.15) is 0 Å². The predicted molar refractivity (Wildman–Crippen MR) is 105 cm³/mol. The summed E-state index contributed by atoms with van der Waals surface area (Å²) in [5.41, 5.74) is 4.89. The maximum absolute atomic E-state index is 12.8. The topological polar surface area (TPSA) is 45.6 Å². The SMILES string of the molecule is Cc1cc(C)nc(C2=NN(C(=O)CCCc3ccccc3)C(C)(C)C2)c1. The van der Waals surface area contributed by atoms with Crippen molar-refractivity contribution < 1.29 is 4.79 Å². The van der Waals surface area contributed by atoms with Crippen molar-refractivity contribution in [3.05, 3.63) is 65.0 Å². The second-order valence-corrected chi connectivity index (χ2v) is 7.75. The molecular weight excluding hydrogens is 322 g/mol. The number of aromatic nitrogens is 1. The molecule has 0 atom stereocenters. The Hall–Kier alpha value is -2.49. The minimum atomic E-state index is -0.307. The molecule has 0 N–H and O–H groups in total. The van der Waals surface area contributed by atoms with Gasteiger partial charge in [0.05, 0.1) is 16.9 Å². The maximum Gasteiger partial charge on any atom is 0.243 e. The Labute approximate surface area is 156 Å². The van der Waals surface area contributed by atoms with Gasteiger partial charge in [-0.1, -0.05) is 30.3 Å². The Morgan fingerprint density at radius 3 is 2.58 bits per heavy atom. The molecule has 2 aromatic rings. The Bertz CT molecular complexity index is 804. The van der Waals surface area contributed by atoms with Crippen LogP contribution in [-0.2, 0) is 11.2 Å². The van der Waals surface area contributed by atoms with Gasteiger partial charge in [0.15, 0.2) is 0 Å².